The van der Waals surface area contributed by atoms with Gasteiger partial charge in [-0.15, -0.1) is 0 Å². The fourth-order valence-electron chi connectivity index (χ4n) is 15.8. The Bertz CT molecular complexity index is 5640. The van der Waals surface area contributed by atoms with E-state index in [1.807, 2.05) is 13.8 Å². The lowest BCUT2D eigenvalue weighted by Crippen LogP contribution is -2.65. The van der Waals surface area contributed by atoms with E-state index in [0.29, 0.717) is 10.6 Å². The Morgan fingerprint density at radius 2 is 1.37 bits per heavy atom. The van der Waals surface area contributed by atoms with Crippen LogP contribution in [0.1, 0.15) is 111 Å². The number of halogens is 3. The standard InChI is InChI=1S/C87H97Cl3N14O28/c1-38(2)26-51(92-5)78(117)100-69-71(112)42-10-15-55(49(89)28-42)128-57-30-44-31-58(75(57)132-85-76(74(115)73(114)59(36-105)130-85)131-64-35-87(4,77(116)39(3)127-64)93-19-21-104-20-18-61(96-86(104)124)95-62(110)17-8-40-6-12-45(88)13-7-40)129-56-16-11-43(29-50(56)90)72(113)70-83(122)99-68(84(123)102-126-37-63(111)103-22-24-125-25-23-103)48-32-46(106)33-54(108)65(48)47-27-41(9-14-53(47)107)66(80(119)101-70)98-81(120)67(44)97-79(118)52(34-60(91)109)94-82(69)121/h6-18,20,27-33,38-39,51-52,59,64,66-74,76-77,85,92-93,105-108,112-116H,19,21-26,34-37H2,1-5H3,(H2,91,109)(H,94,121)(H,97,118)(H,98,120)(H,99,122)(H,100,117)(H,101,119)(H,102,123)(H,95,96,110,124). The van der Waals surface area contributed by atoms with Crippen LogP contribution in [-0.4, -0.2) is 252 Å². The molecule has 10 amide bonds. The topological polar surface area (TPSA) is 611 Å². The third-order valence-electron chi connectivity index (χ3n) is 22.8. The molecular weight excluding hydrogens is 1800 g/mol. The van der Waals surface area contributed by atoms with Crippen molar-refractivity contribution in [1.82, 2.24) is 62.5 Å². The predicted octanol–water partition coefficient (Wildman–Crippen LogP) is 1.12. The Hall–Kier alpha value is -12.2. The minimum atomic E-state index is -2.42. The molecule has 8 aliphatic rings. The number of nitrogens with one attached hydrogen (secondary N) is 10. The zero-order valence-electron chi connectivity index (χ0n) is 71.1. The molecule has 15 rings (SSSR count). The molecule has 704 valence electrons. The molecule has 21 N–H and O–H groups in total. The number of fused-ring (bicyclic) bond motifs is 15. The Morgan fingerprint density at radius 3 is 2.02 bits per heavy atom. The van der Waals surface area contributed by atoms with E-state index in [-0.39, 0.29) is 75.1 Å². The number of hydrogen-bond donors (Lipinski definition) is 20. The first kappa shape index (κ1) is 97.3. The molecule has 42 nitrogen and oxygen atoms in total. The van der Waals surface area contributed by atoms with Crippen molar-refractivity contribution in [2.45, 2.75) is 163 Å². The lowest BCUT2D eigenvalue weighted by Gasteiger charge is -2.48. The molecule has 3 saturated heterocycles. The van der Waals surface area contributed by atoms with Crippen LogP contribution in [0.2, 0.25) is 15.1 Å². The Kier molecular flexibility index (Phi) is 31.1. The first-order valence-electron chi connectivity index (χ1n) is 41.6. The SMILES string of the molecule is CNC(CC(C)C)C(=O)NC1C(=O)NC(CC(N)=O)C(=O)NC2C(=O)NC3C(=O)NC(C(=O)NC(C(=O)NOCC(=O)N4CCOCC4)c4cc(O)cc(O)c4-c4cc3ccc4O)C(O)c3ccc(c(Cl)c3)Oc3cc2cc(c3OC2OC(CO)C(O)C(O)C2OC2CC(C)(NCCn3ccc(NC(=O)C=Cc4ccc(Cl)cc4)nc3=O)C(O)C(C)O2)Oc2ccc(cc2Cl)C1O. The second-order valence-corrected chi connectivity index (χ2v) is 33.9. The number of aliphatic hydroxyl groups is 6. The molecule has 132 heavy (non-hydrogen) atoms. The van der Waals surface area contributed by atoms with Gasteiger partial charge in [0.15, 0.2) is 30.5 Å². The van der Waals surface area contributed by atoms with Crippen LogP contribution in [-0.2, 0) is 78.3 Å². The summed E-state index contributed by atoms with van der Waals surface area (Å²) in [5.74, 6) is -17.3. The van der Waals surface area contributed by atoms with Gasteiger partial charge in [0.05, 0.1) is 54.5 Å². The third-order valence-corrected chi connectivity index (χ3v) is 23.6. The lowest BCUT2D eigenvalue weighted by molar-refractivity contribution is -0.334. The van der Waals surface area contributed by atoms with Crippen LogP contribution >= 0.6 is 34.8 Å². The zero-order valence-corrected chi connectivity index (χ0v) is 73.4. The van der Waals surface area contributed by atoms with Crippen molar-refractivity contribution in [3.05, 3.63) is 180 Å². The average Bonchev–Trinajstić information content (AvgIpc) is 0.765. The Labute approximate surface area is 766 Å². The summed E-state index contributed by atoms with van der Waals surface area (Å²) in [6, 6.07) is 7.07. The molecule has 6 aromatic carbocycles. The lowest BCUT2D eigenvalue weighted by atomic mass is 9.85. The summed E-state index contributed by atoms with van der Waals surface area (Å²) >= 11 is 20.4. The second-order valence-electron chi connectivity index (χ2n) is 32.6. The molecule has 0 saturated carbocycles. The molecule has 0 radical (unpaired) electrons. The minimum Gasteiger partial charge on any atom is -0.508 e. The molecule has 1 aromatic heterocycles. The molecule has 18 unspecified atom stereocenters. The molecule has 11 bridgehead atoms. The van der Waals surface area contributed by atoms with E-state index in [1.165, 1.54) is 60.0 Å². The number of nitrogens with two attached hydrogens (primary N) is 1. The van der Waals surface area contributed by atoms with E-state index < -0.39 is 277 Å². The highest BCUT2D eigenvalue weighted by atomic mass is 35.5. The molecule has 45 heteroatoms. The third kappa shape index (κ3) is 22.6. The number of anilines is 1. The van der Waals surface area contributed by atoms with Crippen LogP contribution in [0.25, 0.3) is 17.2 Å². The largest absolute Gasteiger partial charge is 0.508 e. The summed E-state index contributed by atoms with van der Waals surface area (Å²) in [5.41, 5.74) is 3.43. The van der Waals surface area contributed by atoms with Crippen molar-refractivity contribution in [3.8, 4) is 57.1 Å². The monoisotopic (exact) mass is 1890 g/mol. The molecular formula is C87H97Cl3N14O28. The molecule has 9 heterocycles. The number of hydrogen-bond acceptors (Lipinski definition) is 31. The van der Waals surface area contributed by atoms with E-state index in [4.69, 9.17) is 78.5 Å². The van der Waals surface area contributed by atoms with Crippen LogP contribution in [0.3, 0.4) is 0 Å². The number of aliphatic hydroxyl groups excluding tert-OH is 6. The maximum absolute atomic E-state index is 16.4. The van der Waals surface area contributed by atoms with Crippen LogP contribution in [0.4, 0.5) is 5.82 Å². The van der Waals surface area contributed by atoms with Gasteiger partial charge >= 0.3 is 5.69 Å². The number of rotatable bonds is 23. The smallest absolute Gasteiger partial charge is 0.349 e. The van der Waals surface area contributed by atoms with Crippen LogP contribution in [0.5, 0.6) is 46.0 Å². The molecule has 7 aromatic rings. The van der Waals surface area contributed by atoms with Crippen molar-refractivity contribution in [3.63, 3.8) is 0 Å². The number of carbonyl (C=O) groups excluding carboxylic acids is 10. The van der Waals surface area contributed by atoms with Gasteiger partial charge in [-0.1, -0.05) is 79.0 Å². The van der Waals surface area contributed by atoms with Gasteiger partial charge < -0.3 is 138 Å². The summed E-state index contributed by atoms with van der Waals surface area (Å²) in [6.45, 7) is 5.49. The van der Waals surface area contributed by atoms with E-state index >= 15 is 24.0 Å². The van der Waals surface area contributed by atoms with Crippen LogP contribution < -0.4 is 79.0 Å². The molecule has 3 fully saturated rings. The number of primary amides is 1. The predicted molar refractivity (Wildman–Crippen MR) is 465 cm³/mol. The maximum atomic E-state index is 16.4. The molecule has 0 spiro atoms. The van der Waals surface area contributed by atoms with Gasteiger partial charge in [-0.3, -0.25) is 57.4 Å². The number of benzene rings is 6. The Balaban J connectivity index is 0.934. The van der Waals surface area contributed by atoms with Gasteiger partial charge in [-0.2, -0.15) is 4.98 Å². The number of carbonyl (C=O) groups is 10. The van der Waals surface area contributed by atoms with Gasteiger partial charge in [0.1, 0.15) is 101 Å². The van der Waals surface area contributed by atoms with E-state index in [1.54, 1.807) is 31.2 Å². The summed E-state index contributed by atoms with van der Waals surface area (Å²) in [4.78, 5) is 171. The molecule has 18 atom stereocenters. The summed E-state index contributed by atoms with van der Waals surface area (Å²) in [7, 11) is 1.46. The molecule has 0 aliphatic carbocycles. The van der Waals surface area contributed by atoms with Crippen molar-refractivity contribution in [1.29, 1.82) is 0 Å². The summed E-state index contributed by atoms with van der Waals surface area (Å²) < 4.78 is 46.1. The van der Waals surface area contributed by atoms with Crippen LogP contribution in [0, 0.1) is 5.92 Å². The fraction of sp³-hybridized carbons (Fsp3) is 0.402. The highest BCUT2D eigenvalue weighted by molar-refractivity contribution is 6.32. The van der Waals surface area contributed by atoms with Gasteiger partial charge in [-0.25, -0.2) is 10.3 Å². The minimum absolute atomic E-state index is 0.0431. The fourth-order valence-corrected chi connectivity index (χ4v) is 16.4. The van der Waals surface area contributed by atoms with E-state index in [0.717, 1.165) is 66.7 Å². The first-order valence-corrected chi connectivity index (χ1v) is 42.8. The number of likely N-dealkylation sites (N-methyl/N-ethyl adjacent to an activating group) is 1. The number of phenolic OH excluding ortho intramolecular Hbond substituents is 3. The summed E-state index contributed by atoms with van der Waals surface area (Å²) in [6.07, 6.45) is -15.6. The number of morpholine rings is 1. The van der Waals surface area contributed by atoms with Crippen molar-refractivity contribution >= 4 is 106 Å². The first-order chi connectivity index (χ1) is 62.8. The highest BCUT2D eigenvalue weighted by Crippen LogP contribution is 2.50. The quantitative estimate of drug-likeness (QED) is 0.0315. The second kappa shape index (κ2) is 42.1. The maximum Gasteiger partial charge on any atom is 0.349 e. The zero-order chi connectivity index (χ0) is 95.0. The van der Waals surface area contributed by atoms with Crippen LogP contribution in [0.15, 0.2) is 126 Å². The van der Waals surface area contributed by atoms with Gasteiger partial charge in [0, 0.05) is 72.6 Å². The summed E-state index contributed by atoms with van der Waals surface area (Å²) in [5, 5.41) is 130. The Morgan fingerprint density at radius 1 is 0.720 bits per heavy atom. The molecule has 8 aliphatic heterocycles. The number of hydroxylamine groups is 1. The highest BCUT2D eigenvalue weighted by Gasteiger charge is 2.53. The van der Waals surface area contributed by atoms with E-state index in [9.17, 15) is 74.7 Å². The number of aromatic nitrogens is 2. The van der Waals surface area contributed by atoms with Gasteiger partial charge in [0.2, 0.25) is 59.3 Å². The van der Waals surface area contributed by atoms with Gasteiger partial charge in [0.25, 0.3) is 11.8 Å². The van der Waals surface area contributed by atoms with Crippen molar-refractivity contribution < 1.29 is 132 Å². The number of amides is 10. The number of nitrogens with zero attached hydrogens (tertiary/aromatic N) is 3. The number of aromatic hydroxyl groups is 3. The number of ether oxygens (including phenoxy) is 7. The average molecular weight is 1890 g/mol. The normalized spacial score (nSPS) is 25.9. The van der Waals surface area contributed by atoms with Crippen molar-refractivity contribution in [2.75, 3.05) is 58.4 Å². The number of phenols is 3. The van der Waals surface area contributed by atoms with E-state index in [2.05, 4.69) is 58.3 Å². The van der Waals surface area contributed by atoms with Gasteiger partial charge in [-0.05, 0) is 145 Å². The van der Waals surface area contributed by atoms with Crippen molar-refractivity contribution in [2.24, 2.45) is 11.7 Å².